The Bertz CT molecular complexity index is 694. The van der Waals surface area contributed by atoms with Gasteiger partial charge in [-0.05, 0) is 24.3 Å². The highest BCUT2D eigenvalue weighted by molar-refractivity contribution is 9.10. The zero-order valence-corrected chi connectivity index (χ0v) is 12.2. The van der Waals surface area contributed by atoms with Gasteiger partial charge in [0.25, 0.3) is 0 Å². The van der Waals surface area contributed by atoms with E-state index in [2.05, 4.69) is 15.9 Å². The van der Waals surface area contributed by atoms with Crippen LogP contribution < -0.4 is 10.5 Å². The summed E-state index contributed by atoms with van der Waals surface area (Å²) in [6, 6.07) is 6.77. The van der Waals surface area contributed by atoms with E-state index in [0.717, 1.165) is 6.07 Å². The van der Waals surface area contributed by atoms with E-state index < -0.39 is 11.6 Å². The van der Waals surface area contributed by atoms with Gasteiger partial charge in [0.15, 0.2) is 11.6 Å². The van der Waals surface area contributed by atoms with Crippen LogP contribution in [-0.4, -0.2) is 5.84 Å². The third-order valence-corrected chi connectivity index (χ3v) is 3.20. The molecule has 2 aromatic carbocycles. The molecule has 7 heteroatoms. The summed E-state index contributed by atoms with van der Waals surface area (Å²) in [4.78, 5) is 0. The molecule has 0 heterocycles. The van der Waals surface area contributed by atoms with Crippen LogP contribution in [0.1, 0.15) is 5.56 Å². The highest BCUT2D eigenvalue weighted by Crippen LogP contribution is 2.33. The SMILES string of the molecule is N=C(N)c1c(Cl)cccc1Oc1cc(Br)cc(F)c1F. The maximum Gasteiger partial charge on any atom is 0.201 e. The highest BCUT2D eigenvalue weighted by atomic mass is 79.9. The highest BCUT2D eigenvalue weighted by Gasteiger charge is 2.16. The molecule has 0 unspecified atom stereocenters. The predicted molar refractivity (Wildman–Crippen MR) is 76.6 cm³/mol. The Morgan fingerprint density at radius 1 is 1.25 bits per heavy atom. The molecule has 3 N–H and O–H groups in total. The summed E-state index contributed by atoms with van der Waals surface area (Å²) < 4.78 is 32.6. The van der Waals surface area contributed by atoms with Crippen LogP contribution in [0.15, 0.2) is 34.8 Å². The van der Waals surface area contributed by atoms with Gasteiger partial charge in [-0.25, -0.2) is 4.39 Å². The molecular weight excluding hydrogens is 354 g/mol. The summed E-state index contributed by atoms with van der Waals surface area (Å²) in [5, 5.41) is 7.64. The Hall–Kier alpha value is -1.66. The van der Waals surface area contributed by atoms with Gasteiger partial charge in [-0.2, -0.15) is 4.39 Å². The Balaban J connectivity index is 2.51. The standard InChI is InChI=1S/C13H8BrClF2N2O/c14-6-4-8(16)12(17)10(5-6)20-9-3-1-2-7(15)11(9)13(18)19/h1-5H,(H3,18,19). The first-order valence-corrected chi connectivity index (χ1v) is 6.52. The van der Waals surface area contributed by atoms with E-state index in [1.54, 1.807) is 6.07 Å². The molecule has 0 spiro atoms. The number of hydrogen-bond donors (Lipinski definition) is 2. The van der Waals surface area contributed by atoms with Gasteiger partial charge in [0.05, 0.1) is 10.6 Å². The van der Waals surface area contributed by atoms with Crippen molar-refractivity contribution in [2.45, 2.75) is 0 Å². The maximum atomic E-state index is 13.7. The molecule has 0 saturated carbocycles. The van der Waals surface area contributed by atoms with Crippen molar-refractivity contribution < 1.29 is 13.5 Å². The van der Waals surface area contributed by atoms with Gasteiger partial charge in [-0.3, -0.25) is 5.41 Å². The number of benzene rings is 2. The van der Waals surface area contributed by atoms with Gasteiger partial charge in [0, 0.05) is 4.47 Å². The molecule has 2 rings (SSSR count). The summed E-state index contributed by atoms with van der Waals surface area (Å²) in [7, 11) is 0. The Labute approximate surface area is 126 Å². The number of halogens is 4. The molecule has 0 atom stereocenters. The van der Waals surface area contributed by atoms with E-state index in [0.29, 0.717) is 4.47 Å². The molecule has 3 nitrogen and oxygen atoms in total. The average molecular weight is 362 g/mol. The third kappa shape index (κ3) is 2.91. The molecule has 0 aromatic heterocycles. The number of ether oxygens (including phenoxy) is 1. The smallest absolute Gasteiger partial charge is 0.201 e. The molecule has 0 aliphatic rings. The van der Waals surface area contributed by atoms with Gasteiger partial charge in [-0.1, -0.05) is 33.6 Å². The van der Waals surface area contributed by atoms with Crippen LogP contribution in [0.25, 0.3) is 0 Å². The molecule has 0 aliphatic heterocycles. The van der Waals surface area contributed by atoms with Crippen LogP contribution in [0, 0.1) is 17.0 Å². The topological polar surface area (TPSA) is 59.1 Å². The van der Waals surface area contributed by atoms with Crippen molar-refractivity contribution >= 4 is 33.4 Å². The molecule has 20 heavy (non-hydrogen) atoms. The molecule has 104 valence electrons. The molecular formula is C13H8BrClF2N2O. The number of rotatable bonds is 3. The van der Waals surface area contributed by atoms with Crippen molar-refractivity contribution in [1.82, 2.24) is 0 Å². The third-order valence-electron chi connectivity index (χ3n) is 2.42. The molecule has 0 bridgehead atoms. The first kappa shape index (κ1) is 14.7. The van der Waals surface area contributed by atoms with Crippen LogP contribution in [0.2, 0.25) is 5.02 Å². The predicted octanol–water partition coefficient (Wildman–Crippen LogP) is 4.46. The lowest BCUT2D eigenvalue weighted by molar-refractivity contribution is 0.415. The summed E-state index contributed by atoms with van der Waals surface area (Å²) >= 11 is 8.96. The molecule has 0 aliphatic carbocycles. The van der Waals surface area contributed by atoms with E-state index in [9.17, 15) is 8.78 Å². The van der Waals surface area contributed by atoms with Gasteiger partial charge in [0.2, 0.25) is 5.82 Å². The zero-order valence-electron chi connectivity index (χ0n) is 9.88. The summed E-state index contributed by atoms with van der Waals surface area (Å²) in [6.07, 6.45) is 0. The average Bonchev–Trinajstić information content (AvgIpc) is 2.35. The molecule has 0 radical (unpaired) electrons. The molecule has 0 amide bonds. The van der Waals surface area contributed by atoms with E-state index in [-0.39, 0.29) is 27.9 Å². The molecule has 0 fully saturated rings. The number of nitrogens with one attached hydrogen (secondary N) is 1. The van der Waals surface area contributed by atoms with Crippen molar-refractivity contribution in [1.29, 1.82) is 5.41 Å². The van der Waals surface area contributed by atoms with Crippen molar-refractivity contribution in [3.8, 4) is 11.5 Å². The fourth-order valence-electron chi connectivity index (χ4n) is 1.58. The summed E-state index contributed by atoms with van der Waals surface area (Å²) in [5.41, 5.74) is 5.53. The van der Waals surface area contributed by atoms with Gasteiger partial charge in [0.1, 0.15) is 11.6 Å². The minimum Gasteiger partial charge on any atom is -0.453 e. The fourth-order valence-corrected chi connectivity index (χ4v) is 2.25. The van der Waals surface area contributed by atoms with Crippen LogP contribution in [0.5, 0.6) is 11.5 Å². The summed E-state index contributed by atoms with van der Waals surface area (Å²) in [6.45, 7) is 0. The van der Waals surface area contributed by atoms with E-state index in [1.807, 2.05) is 0 Å². The van der Waals surface area contributed by atoms with E-state index >= 15 is 0 Å². The Morgan fingerprint density at radius 2 is 1.95 bits per heavy atom. The summed E-state index contributed by atoms with van der Waals surface area (Å²) in [5.74, 6) is -2.78. The number of nitrogen functional groups attached to an aromatic ring is 1. The lowest BCUT2D eigenvalue weighted by Crippen LogP contribution is -2.13. The van der Waals surface area contributed by atoms with Crippen LogP contribution in [-0.2, 0) is 0 Å². The second-order valence-corrected chi connectivity index (χ2v) is 5.15. The minimum atomic E-state index is -1.14. The Morgan fingerprint density at radius 3 is 2.60 bits per heavy atom. The first-order chi connectivity index (χ1) is 9.40. The first-order valence-electron chi connectivity index (χ1n) is 5.35. The fraction of sp³-hybridized carbons (Fsp3) is 0. The number of amidine groups is 1. The lowest BCUT2D eigenvalue weighted by atomic mass is 10.2. The number of nitrogens with two attached hydrogens (primary N) is 1. The van der Waals surface area contributed by atoms with E-state index in [1.165, 1.54) is 18.2 Å². The van der Waals surface area contributed by atoms with Gasteiger partial charge in [-0.15, -0.1) is 0 Å². The molecule has 2 aromatic rings. The number of hydrogen-bond acceptors (Lipinski definition) is 2. The zero-order chi connectivity index (χ0) is 14.9. The van der Waals surface area contributed by atoms with Crippen LogP contribution in [0.3, 0.4) is 0 Å². The molecule has 0 saturated heterocycles. The monoisotopic (exact) mass is 360 g/mol. The Kier molecular flexibility index (Phi) is 4.25. The van der Waals surface area contributed by atoms with Crippen molar-refractivity contribution in [2.75, 3.05) is 0 Å². The largest absolute Gasteiger partial charge is 0.453 e. The second-order valence-electron chi connectivity index (χ2n) is 3.83. The van der Waals surface area contributed by atoms with Crippen LogP contribution in [0.4, 0.5) is 8.78 Å². The lowest BCUT2D eigenvalue weighted by Gasteiger charge is -2.12. The van der Waals surface area contributed by atoms with Crippen molar-refractivity contribution in [3.63, 3.8) is 0 Å². The minimum absolute atomic E-state index is 0.0707. The maximum absolute atomic E-state index is 13.7. The second kappa shape index (κ2) is 5.76. The van der Waals surface area contributed by atoms with E-state index in [4.69, 9.17) is 27.5 Å². The van der Waals surface area contributed by atoms with Gasteiger partial charge >= 0.3 is 0 Å². The normalized spacial score (nSPS) is 10.4. The van der Waals surface area contributed by atoms with Gasteiger partial charge < -0.3 is 10.5 Å². The van der Waals surface area contributed by atoms with Crippen molar-refractivity contribution in [2.24, 2.45) is 5.73 Å². The van der Waals surface area contributed by atoms with Crippen molar-refractivity contribution in [3.05, 3.63) is 57.0 Å². The van der Waals surface area contributed by atoms with Crippen LogP contribution >= 0.6 is 27.5 Å². The quantitative estimate of drug-likeness (QED) is 0.482.